The van der Waals surface area contributed by atoms with Crippen LogP contribution < -0.4 is 26.6 Å². The molecule has 2 bridgehead atoms. The number of nitrogens with zero attached hydrogens (tertiary/aromatic N) is 3. The SMILES string of the molecule is CC(=O)N1CCCC1C(=O)NC(C(=O)NC1C(=O)NC(CC(C)C)C(=O)NC2CCC(O)N(C2=O)C(Cc2ccccc2)C(=O)N(C)C(Cc2ccc(O)cc2)C(=O)NC(C(C)C)C(=O)OC1C)C(C)O. The number of piperidine rings is 1. The summed E-state index contributed by atoms with van der Waals surface area (Å²) >= 11 is 0. The number of esters is 1. The smallest absolute Gasteiger partial charge is 0.329 e. The molecule has 21 nitrogen and oxygen atoms in total. The number of carbonyl (C=O) groups is 9. The van der Waals surface area contributed by atoms with Crippen LogP contribution in [0.15, 0.2) is 54.6 Å². The molecule has 3 heterocycles. The minimum Gasteiger partial charge on any atom is -0.508 e. The highest BCUT2D eigenvalue weighted by Gasteiger charge is 2.46. The molecule has 11 unspecified atom stereocenters. The van der Waals surface area contributed by atoms with Crippen LogP contribution in [-0.2, 0) is 60.7 Å². The Kier molecular flexibility index (Phi) is 19.1. The molecule has 3 aliphatic rings. The van der Waals surface area contributed by atoms with E-state index in [9.17, 15) is 53.7 Å². The topological polar surface area (TPSA) is 293 Å². The van der Waals surface area contributed by atoms with Crippen molar-refractivity contribution in [3.05, 3.63) is 65.7 Å². The van der Waals surface area contributed by atoms with E-state index in [1.807, 2.05) is 0 Å². The first-order chi connectivity index (χ1) is 33.5. The number of phenols is 1. The summed E-state index contributed by atoms with van der Waals surface area (Å²) in [7, 11) is 1.36. The molecule has 2 aromatic carbocycles. The zero-order valence-corrected chi connectivity index (χ0v) is 41.6. The summed E-state index contributed by atoms with van der Waals surface area (Å²) in [4.78, 5) is 131. The quantitative estimate of drug-likeness (QED) is 0.128. The van der Waals surface area contributed by atoms with Crippen molar-refractivity contribution in [1.29, 1.82) is 0 Å². The number of cyclic esters (lactones) is 1. The van der Waals surface area contributed by atoms with Gasteiger partial charge >= 0.3 is 5.97 Å². The van der Waals surface area contributed by atoms with Crippen LogP contribution in [-0.4, -0.2) is 164 Å². The lowest BCUT2D eigenvalue weighted by molar-refractivity contribution is -0.165. The predicted molar refractivity (Wildman–Crippen MR) is 256 cm³/mol. The molecule has 0 radical (unpaired) electrons. The van der Waals surface area contributed by atoms with Crippen LogP contribution in [0.25, 0.3) is 0 Å². The van der Waals surface area contributed by atoms with Gasteiger partial charge in [0.1, 0.15) is 66.4 Å². The minimum absolute atomic E-state index is 0.00381. The fourth-order valence-electron chi connectivity index (χ4n) is 9.21. The molecule has 8 amide bonds. The number of likely N-dealkylation sites (N-methyl/N-ethyl adjacent to an activating group) is 1. The third kappa shape index (κ3) is 14.1. The number of aliphatic hydroxyl groups is 2. The molecule has 71 heavy (non-hydrogen) atoms. The molecular formula is C50H70N8O13. The van der Waals surface area contributed by atoms with Crippen LogP contribution in [0.3, 0.4) is 0 Å². The van der Waals surface area contributed by atoms with E-state index in [1.54, 1.807) is 70.2 Å². The third-order valence-corrected chi connectivity index (χ3v) is 13.2. The number of carbonyl (C=O) groups excluding carboxylic acids is 9. The van der Waals surface area contributed by atoms with Crippen molar-refractivity contribution in [3.8, 4) is 5.75 Å². The lowest BCUT2D eigenvalue weighted by Gasteiger charge is -2.43. The van der Waals surface area contributed by atoms with Crippen LogP contribution in [0.2, 0.25) is 0 Å². The molecule has 0 aliphatic carbocycles. The van der Waals surface area contributed by atoms with Crippen molar-refractivity contribution in [2.75, 3.05) is 13.6 Å². The number of aliphatic hydroxyl groups excluding tert-OH is 2. The summed E-state index contributed by atoms with van der Waals surface area (Å²) in [6.45, 7) is 10.9. The van der Waals surface area contributed by atoms with Gasteiger partial charge < -0.3 is 61.3 Å². The maximum absolute atomic E-state index is 15.0. The van der Waals surface area contributed by atoms with E-state index in [1.165, 1.54) is 44.9 Å². The molecule has 8 N–H and O–H groups in total. The van der Waals surface area contributed by atoms with Gasteiger partial charge in [0.2, 0.25) is 47.3 Å². The number of aromatic hydroxyl groups is 1. The molecule has 3 fully saturated rings. The summed E-state index contributed by atoms with van der Waals surface area (Å²) in [5.74, 6) is -8.45. The summed E-state index contributed by atoms with van der Waals surface area (Å²) in [6.07, 6.45) is -4.19. The average Bonchev–Trinajstić information content (AvgIpc) is 3.82. The van der Waals surface area contributed by atoms with E-state index < -0.39 is 120 Å². The number of rotatable bonds is 12. The van der Waals surface area contributed by atoms with Gasteiger partial charge in [0, 0.05) is 33.4 Å². The number of phenolic OH excluding ortho intramolecular Hbond substituents is 1. The molecule has 0 aromatic heterocycles. The average molecular weight is 991 g/mol. The lowest BCUT2D eigenvalue weighted by Crippen LogP contribution is -2.65. The Bertz CT molecular complexity index is 2260. The first-order valence-corrected chi connectivity index (χ1v) is 24.2. The standard InChI is InChI=1S/C50H70N8O13/c1-26(2)23-35-43(63)51-34-20-21-39(62)58(48(34)68)38(25-31-13-10-9-11-14-31)49(69)56(8)37(24-32-16-18-33(61)19-17-32)45(65)53-40(27(3)4)50(70)71-29(6)42(47(67)52-35)55-46(66)41(28(5)59)54-44(64)36-15-12-22-57(36)30(7)60/h9-11,13-14,16-19,26-29,34-42,59,61-62H,12,15,20-25H2,1-8H3,(H,51,63)(H,52,67)(H,53,65)(H,54,64)(H,55,66). The van der Waals surface area contributed by atoms with E-state index in [4.69, 9.17) is 4.74 Å². The summed E-state index contributed by atoms with van der Waals surface area (Å²) in [5.41, 5.74) is 1.11. The molecule has 11 atom stereocenters. The van der Waals surface area contributed by atoms with Crippen molar-refractivity contribution in [1.82, 2.24) is 41.3 Å². The maximum atomic E-state index is 15.0. The number of hydrogen-bond acceptors (Lipinski definition) is 13. The van der Waals surface area contributed by atoms with E-state index in [0.29, 0.717) is 30.5 Å². The van der Waals surface area contributed by atoms with Gasteiger partial charge in [-0.05, 0) is 81.0 Å². The number of nitrogens with one attached hydrogen (secondary N) is 5. The first-order valence-electron chi connectivity index (χ1n) is 24.2. The van der Waals surface area contributed by atoms with Gasteiger partial charge in [0.05, 0.1) is 6.10 Å². The first kappa shape index (κ1) is 55.3. The number of amides is 8. The van der Waals surface area contributed by atoms with Gasteiger partial charge in [-0.2, -0.15) is 0 Å². The molecule has 0 spiro atoms. The number of hydrogen-bond donors (Lipinski definition) is 8. The van der Waals surface area contributed by atoms with Crippen LogP contribution >= 0.6 is 0 Å². The molecule has 3 aliphatic heterocycles. The number of benzene rings is 2. The second-order valence-electron chi connectivity index (χ2n) is 19.6. The largest absolute Gasteiger partial charge is 0.508 e. The minimum atomic E-state index is -1.82. The van der Waals surface area contributed by atoms with Crippen molar-refractivity contribution >= 4 is 53.2 Å². The van der Waals surface area contributed by atoms with Gasteiger partial charge in [0.25, 0.3) is 0 Å². The highest BCUT2D eigenvalue weighted by molar-refractivity contribution is 5.99. The van der Waals surface area contributed by atoms with Crippen molar-refractivity contribution in [2.24, 2.45) is 11.8 Å². The molecule has 388 valence electrons. The Labute approximate surface area is 413 Å². The van der Waals surface area contributed by atoms with Crippen molar-refractivity contribution in [2.45, 2.75) is 160 Å². The normalized spacial score (nSPS) is 27.1. The van der Waals surface area contributed by atoms with Gasteiger partial charge in [0.15, 0.2) is 0 Å². The molecule has 0 saturated carbocycles. The van der Waals surface area contributed by atoms with Gasteiger partial charge in [-0.1, -0.05) is 70.2 Å². The summed E-state index contributed by atoms with van der Waals surface area (Å²) in [5, 5.41) is 45.5. The van der Waals surface area contributed by atoms with Crippen molar-refractivity contribution in [3.63, 3.8) is 0 Å². The van der Waals surface area contributed by atoms with Gasteiger partial charge in [-0.15, -0.1) is 0 Å². The Morgan fingerprint density at radius 1 is 0.803 bits per heavy atom. The van der Waals surface area contributed by atoms with Gasteiger partial charge in [-0.3, -0.25) is 38.4 Å². The van der Waals surface area contributed by atoms with E-state index in [0.717, 1.165) is 9.80 Å². The van der Waals surface area contributed by atoms with Gasteiger partial charge in [-0.25, -0.2) is 4.79 Å². The zero-order chi connectivity index (χ0) is 52.4. The number of ether oxygens (including phenoxy) is 1. The molecule has 3 saturated heterocycles. The number of likely N-dealkylation sites (tertiary alicyclic amines) is 1. The van der Waals surface area contributed by atoms with Crippen LogP contribution in [0.4, 0.5) is 0 Å². The van der Waals surface area contributed by atoms with Crippen LogP contribution in [0.1, 0.15) is 91.7 Å². The third-order valence-electron chi connectivity index (χ3n) is 13.2. The van der Waals surface area contributed by atoms with Crippen molar-refractivity contribution < 1.29 is 63.2 Å². The molecule has 2 aromatic rings. The number of fused-ring (bicyclic) bond motifs is 2. The Balaban J connectivity index is 1.59. The Morgan fingerprint density at radius 3 is 2.04 bits per heavy atom. The second kappa shape index (κ2) is 24.5. The van der Waals surface area contributed by atoms with Crippen LogP contribution in [0, 0.1) is 11.8 Å². The Morgan fingerprint density at radius 2 is 1.44 bits per heavy atom. The molecule has 21 heteroatoms. The van der Waals surface area contributed by atoms with Crippen LogP contribution in [0.5, 0.6) is 5.75 Å². The fraction of sp³-hybridized carbons (Fsp3) is 0.580. The predicted octanol–water partition coefficient (Wildman–Crippen LogP) is -0.223. The second-order valence-corrected chi connectivity index (χ2v) is 19.6. The summed E-state index contributed by atoms with van der Waals surface area (Å²) < 4.78 is 5.88. The fourth-order valence-corrected chi connectivity index (χ4v) is 9.21. The Hall–Kier alpha value is -6.61. The highest BCUT2D eigenvalue weighted by atomic mass is 16.5. The monoisotopic (exact) mass is 991 g/mol. The molecular weight excluding hydrogens is 921 g/mol. The van der Waals surface area contributed by atoms with E-state index >= 15 is 4.79 Å². The maximum Gasteiger partial charge on any atom is 0.329 e. The molecule has 5 rings (SSSR count). The van der Waals surface area contributed by atoms with E-state index in [2.05, 4.69) is 26.6 Å². The summed E-state index contributed by atoms with van der Waals surface area (Å²) in [6, 6.07) is 3.24. The zero-order valence-electron chi connectivity index (χ0n) is 41.6. The lowest BCUT2D eigenvalue weighted by atomic mass is 9.95. The highest BCUT2D eigenvalue weighted by Crippen LogP contribution is 2.26. The van der Waals surface area contributed by atoms with E-state index in [-0.39, 0.29) is 49.7 Å².